The van der Waals surface area contributed by atoms with Gasteiger partial charge in [0, 0.05) is 16.1 Å². The summed E-state index contributed by atoms with van der Waals surface area (Å²) in [5.74, 6) is 0.396. The lowest BCUT2D eigenvalue weighted by atomic mass is 9.97. The summed E-state index contributed by atoms with van der Waals surface area (Å²) in [5.41, 5.74) is 1.01. The zero-order valence-corrected chi connectivity index (χ0v) is 10.8. The van der Waals surface area contributed by atoms with Crippen LogP contribution < -0.4 is 5.32 Å². The van der Waals surface area contributed by atoms with Gasteiger partial charge in [0.2, 0.25) is 0 Å². The Bertz CT molecular complexity index is 326. The van der Waals surface area contributed by atoms with Gasteiger partial charge >= 0.3 is 0 Å². The van der Waals surface area contributed by atoms with E-state index in [1.54, 1.807) is 6.07 Å². The van der Waals surface area contributed by atoms with E-state index in [1.165, 1.54) is 12.8 Å². The number of rotatable bonds is 1. The molecular formula is C11H15BrClNO. The Hall–Kier alpha value is -0.250. The monoisotopic (exact) mass is 291 g/mol. The van der Waals surface area contributed by atoms with Crippen LogP contribution in [0.4, 0.5) is 0 Å². The van der Waals surface area contributed by atoms with Crippen molar-refractivity contribution in [1.82, 2.24) is 5.32 Å². The number of phenols is 1. The van der Waals surface area contributed by atoms with E-state index in [0.29, 0.717) is 11.8 Å². The van der Waals surface area contributed by atoms with Crippen LogP contribution in [0.15, 0.2) is 22.7 Å². The number of benzene rings is 1. The molecule has 0 radical (unpaired) electrons. The Morgan fingerprint density at radius 1 is 1.33 bits per heavy atom. The number of phenolic OH excluding ortho intramolecular Hbond substituents is 1. The van der Waals surface area contributed by atoms with Crippen molar-refractivity contribution in [2.75, 3.05) is 6.54 Å². The molecule has 84 valence electrons. The number of hydrogen-bond acceptors (Lipinski definition) is 2. The number of nitrogens with one attached hydrogen (secondary N) is 1. The van der Waals surface area contributed by atoms with Gasteiger partial charge in [0.05, 0.1) is 0 Å². The average molecular weight is 293 g/mol. The van der Waals surface area contributed by atoms with Gasteiger partial charge < -0.3 is 10.4 Å². The first-order valence-electron chi connectivity index (χ1n) is 4.99. The Labute approximate surface area is 105 Å². The zero-order chi connectivity index (χ0) is 9.97. The van der Waals surface area contributed by atoms with Gasteiger partial charge in [-0.15, -0.1) is 12.4 Å². The van der Waals surface area contributed by atoms with E-state index in [0.717, 1.165) is 23.0 Å². The Balaban J connectivity index is 0.00000112. The van der Waals surface area contributed by atoms with E-state index in [-0.39, 0.29) is 12.4 Å². The number of halogens is 2. The molecule has 1 heterocycles. The van der Waals surface area contributed by atoms with Crippen molar-refractivity contribution >= 4 is 28.3 Å². The van der Waals surface area contributed by atoms with Crippen LogP contribution in [0.1, 0.15) is 30.9 Å². The van der Waals surface area contributed by atoms with Crippen molar-refractivity contribution in [3.05, 3.63) is 28.2 Å². The molecule has 0 bridgehead atoms. The highest BCUT2D eigenvalue weighted by Crippen LogP contribution is 2.31. The fourth-order valence-electron chi connectivity index (χ4n) is 1.92. The highest BCUT2D eigenvalue weighted by Gasteiger charge is 2.17. The lowest BCUT2D eigenvalue weighted by Crippen LogP contribution is -2.26. The molecule has 4 heteroatoms. The molecule has 1 aliphatic heterocycles. The van der Waals surface area contributed by atoms with Crippen LogP contribution in [0.3, 0.4) is 0 Å². The van der Waals surface area contributed by atoms with Crippen molar-refractivity contribution in [2.45, 2.75) is 25.3 Å². The fraction of sp³-hybridized carbons (Fsp3) is 0.455. The maximum Gasteiger partial charge on any atom is 0.120 e. The maximum absolute atomic E-state index is 9.73. The van der Waals surface area contributed by atoms with E-state index in [9.17, 15) is 5.11 Å². The van der Waals surface area contributed by atoms with Gasteiger partial charge in [0.1, 0.15) is 5.75 Å². The molecule has 1 aromatic carbocycles. The molecule has 0 spiro atoms. The largest absolute Gasteiger partial charge is 0.508 e. The summed E-state index contributed by atoms with van der Waals surface area (Å²) in [4.78, 5) is 0. The quantitative estimate of drug-likeness (QED) is 0.831. The van der Waals surface area contributed by atoms with Crippen molar-refractivity contribution in [2.24, 2.45) is 0 Å². The Kier molecular flexibility index (Phi) is 4.90. The molecule has 2 nitrogen and oxygen atoms in total. The lowest BCUT2D eigenvalue weighted by Gasteiger charge is -2.24. The topological polar surface area (TPSA) is 32.3 Å². The number of aromatic hydroxyl groups is 1. The lowest BCUT2D eigenvalue weighted by molar-refractivity contribution is 0.391. The molecule has 1 atom stereocenters. The molecule has 0 amide bonds. The predicted molar refractivity (Wildman–Crippen MR) is 67.6 cm³/mol. The zero-order valence-electron chi connectivity index (χ0n) is 8.37. The molecule has 1 aliphatic rings. The molecule has 1 fully saturated rings. The van der Waals surface area contributed by atoms with Gasteiger partial charge in [-0.25, -0.2) is 0 Å². The van der Waals surface area contributed by atoms with Crippen molar-refractivity contribution in [3.8, 4) is 5.75 Å². The minimum atomic E-state index is 0. The standard InChI is InChI=1S/C11H14BrNO.ClH/c12-8-4-5-11(14)9(7-8)10-3-1-2-6-13-10;/h4-5,7,10,13-14H,1-3,6H2;1H/t10-;/m1./s1. The van der Waals surface area contributed by atoms with Gasteiger partial charge in [-0.1, -0.05) is 22.4 Å². The molecule has 1 aromatic rings. The molecule has 2 rings (SSSR count). The minimum absolute atomic E-state index is 0. The number of piperidine rings is 1. The van der Waals surface area contributed by atoms with Crippen LogP contribution in [0.25, 0.3) is 0 Å². The van der Waals surface area contributed by atoms with Crippen LogP contribution >= 0.6 is 28.3 Å². The second-order valence-corrected chi connectivity index (χ2v) is 4.62. The molecule has 0 unspecified atom stereocenters. The highest BCUT2D eigenvalue weighted by molar-refractivity contribution is 9.10. The van der Waals surface area contributed by atoms with Crippen LogP contribution in [0, 0.1) is 0 Å². The highest BCUT2D eigenvalue weighted by atomic mass is 79.9. The fourth-order valence-corrected chi connectivity index (χ4v) is 2.30. The summed E-state index contributed by atoms with van der Waals surface area (Å²) in [7, 11) is 0. The summed E-state index contributed by atoms with van der Waals surface area (Å²) >= 11 is 3.42. The summed E-state index contributed by atoms with van der Waals surface area (Å²) in [6.45, 7) is 1.05. The minimum Gasteiger partial charge on any atom is -0.508 e. The molecule has 1 saturated heterocycles. The third-order valence-electron chi connectivity index (χ3n) is 2.68. The van der Waals surface area contributed by atoms with E-state index in [2.05, 4.69) is 21.2 Å². The Morgan fingerprint density at radius 3 is 2.80 bits per heavy atom. The summed E-state index contributed by atoms with van der Waals surface area (Å²) in [6, 6.07) is 5.93. The van der Waals surface area contributed by atoms with Crippen molar-refractivity contribution in [3.63, 3.8) is 0 Å². The molecule has 0 aliphatic carbocycles. The summed E-state index contributed by atoms with van der Waals surface area (Å²) < 4.78 is 1.03. The predicted octanol–water partition coefficient (Wildman–Crippen LogP) is 3.39. The second kappa shape index (κ2) is 5.73. The van der Waals surface area contributed by atoms with Crippen LogP contribution in [-0.2, 0) is 0 Å². The van der Waals surface area contributed by atoms with Crippen molar-refractivity contribution in [1.29, 1.82) is 0 Å². The third kappa shape index (κ3) is 3.10. The molecule has 15 heavy (non-hydrogen) atoms. The van der Waals surface area contributed by atoms with Gasteiger partial charge in [-0.3, -0.25) is 0 Å². The average Bonchev–Trinajstić information content (AvgIpc) is 2.23. The normalized spacial score (nSPS) is 20.7. The SMILES string of the molecule is Cl.Oc1ccc(Br)cc1[C@H]1CCCCN1. The first-order chi connectivity index (χ1) is 6.77. The maximum atomic E-state index is 9.73. The summed E-state index contributed by atoms with van der Waals surface area (Å²) in [6.07, 6.45) is 3.60. The van der Waals surface area contributed by atoms with E-state index >= 15 is 0 Å². The van der Waals surface area contributed by atoms with E-state index < -0.39 is 0 Å². The molecule has 0 aromatic heterocycles. The van der Waals surface area contributed by atoms with Crippen molar-refractivity contribution < 1.29 is 5.11 Å². The van der Waals surface area contributed by atoms with Gasteiger partial charge in [0.25, 0.3) is 0 Å². The number of hydrogen-bond donors (Lipinski definition) is 2. The first kappa shape index (κ1) is 12.8. The van der Waals surface area contributed by atoms with E-state index in [4.69, 9.17) is 0 Å². The van der Waals surface area contributed by atoms with Gasteiger partial charge in [-0.2, -0.15) is 0 Å². The van der Waals surface area contributed by atoms with E-state index in [1.807, 2.05) is 12.1 Å². The van der Waals surface area contributed by atoms with Gasteiger partial charge in [-0.05, 0) is 37.6 Å². The molecule has 0 saturated carbocycles. The van der Waals surface area contributed by atoms with Gasteiger partial charge in [0.15, 0.2) is 0 Å². The molecular weight excluding hydrogens is 277 g/mol. The smallest absolute Gasteiger partial charge is 0.120 e. The van der Waals surface area contributed by atoms with Crippen LogP contribution in [-0.4, -0.2) is 11.7 Å². The van der Waals surface area contributed by atoms with Crippen LogP contribution in [0.5, 0.6) is 5.75 Å². The summed E-state index contributed by atoms with van der Waals surface area (Å²) in [5, 5.41) is 13.1. The Morgan fingerprint density at radius 2 is 2.13 bits per heavy atom. The second-order valence-electron chi connectivity index (χ2n) is 3.71. The van der Waals surface area contributed by atoms with Crippen LogP contribution in [0.2, 0.25) is 0 Å². The third-order valence-corrected chi connectivity index (χ3v) is 3.17. The molecule has 2 N–H and O–H groups in total. The first-order valence-corrected chi connectivity index (χ1v) is 5.78.